The van der Waals surface area contributed by atoms with Gasteiger partial charge in [-0.1, -0.05) is 30.3 Å². The van der Waals surface area contributed by atoms with E-state index in [9.17, 15) is 9.18 Å². The highest BCUT2D eigenvalue weighted by Gasteiger charge is 2.19. The van der Waals surface area contributed by atoms with Crippen molar-refractivity contribution in [2.75, 3.05) is 6.61 Å². The second-order valence-corrected chi connectivity index (χ2v) is 8.65. The van der Waals surface area contributed by atoms with Crippen LogP contribution in [0, 0.1) is 5.82 Å². The Hall–Kier alpha value is -3.03. The summed E-state index contributed by atoms with van der Waals surface area (Å²) in [6.45, 7) is 2.52. The van der Waals surface area contributed by atoms with Crippen LogP contribution in [0.2, 0.25) is 0 Å². The van der Waals surface area contributed by atoms with Crippen LogP contribution in [-0.2, 0) is 11.2 Å². The molecule has 1 atom stereocenters. The quantitative estimate of drug-likeness (QED) is 0.364. The van der Waals surface area contributed by atoms with Crippen molar-refractivity contribution in [2.24, 2.45) is 0 Å². The number of halogens is 1. The van der Waals surface area contributed by atoms with E-state index in [-0.39, 0.29) is 24.2 Å². The van der Waals surface area contributed by atoms with Crippen LogP contribution in [0.5, 0.6) is 5.75 Å². The number of thiophene rings is 1. The maximum Gasteiger partial charge on any atom is 0.226 e. The van der Waals surface area contributed by atoms with Gasteiger partial charge in [0.1, 0.15) is 16.6 Å². The number of rotatable bonds is 8. The van der Waals surface area contributed by atoms with Crippen LogP contribution in [-0.4, -0.2) is 17.5 Å². The zero-order valence-electron chi connectivity index (χ0n) is 16.9. The van der Waals surface area contributed by atoms with Crippen molar-refractivity contribution in [2.45, 2.75) is 19.4 Å². The molecule has 0 bridgehead atoms. The van der Waals surface area contributed by atoms with E-state index >= 15 is 0 Å². The molecule has 2 aromatic carbocycles. The standard InChI is InChI=1S/C24H21FN2O2S2/c1-2-29-20-7-4-3-6-19(20)24-26-18(15-31-24)14-22(28)27-23(21-8-5-13-30-21)16-9-11-17(25)12-10-16/h3-13,15,23H,2,14H2,1H3,(H,27,28)/t23-/m1/s1. The lowest BCUT2D eigenvalue weighted by Gasteiger charge is -2.18. The van der Waals surface area contributed by atoms with Crippen molar-refractivity contribution in [3.05, 3.63) is 93.4 Å². The van der Waals surface area contributed by atoms with Crippen LogP contribution in [0.1, 0.15) is 29.1 Å². The first-order valence-electron chi connectivity index (χ1n) is 9.89. The van der Waals surface area contributed by atoms with Crippen molar-refractivity contribution in [1.82, 2.24) is 10.3 Å². The summed E-state index contributed by atoms with van der Waals surface area (Å²) >= 11 is 3.04. The molecule has 4 aromatic rings. The summed E-state index contributed by atoms with van der Waals surface area (Å²) in [5.74, 6) is 0.337. The average Bonchev–Trinajstić information content (AvgIpc) is 3.46. The molecule has 31 heavy (non-hydrogen) atoms. The van der Waals surface area contributed by atoms with Gasteiger partial charge < -0.3 is 10.1 Å². The van der Waals surface area contributed by atoms with Gasteiger partial charge in [0.05, 0.1) is 30.3 Å². The lowest BCUT2D eigenvalue weighted by atomic mass is 10.0. The van der Waals surface area contributed by atoms with Crippen molar-refractivity contribution < 1.29 is 13.9 Å². The third-order valence-electron chi connectivity index (χ3n) is 4.65. The zero-order valence-corrected chi connectivity index (χ0v) is 18.5. The Morgan fingerprint density at radius 1 is 1.10 bits per heavy atom. The van der Waals surface area contributed by atoms with Crippen molar-refractivity contribution in [3.8, 4) is 16.3 Å². The van der Waals surface area contributed by atoms with Crippen LogP contribution in [0.4, 0.5) is 4.39 Å². The number of nitrogens with zero attached hydrogens (tertiary/aromatic N) is 1. The Morgan fingerprint density at radius 3 is 2.65 bits per heavy atom. The van der Waals surface area contributed by atoms with Crippen LogP contribution in [0.15, 0.2) is 71.4 Å². The Kier molecular flexibility index (Phi) is 6.74. The van der Waals surface area contributed by atoms with Crippen molar-refractivity contribution in [1.29, 1.82) is 0 Å². The zero-order chi connectivity index (χ0) is 21.6. The molecule has 0 spiro atoms. The number of thiazole rings is 1. The molecule has 0 saturated carbocycles. The fourth-order valence-electron chi connectivity index (χ4n) is 3.24. The van der Waals surface area contributed by atoms with E-state index in [2.05, 4.69) is 10.3 Å². The summed E-state index contributed by atoms with van der Waals surface area (Å²) in [6, 6.07) is 17.5. The SMILES string of the molecule is CCOc1ccccc1-c1nc(CC(=O)N[C@H](c2ccc(F)cc2)c2cccs2)cs1. The van der Waals surface area contributed by atoms with E-state index in [4.69, 9.17) is 4.74 Å². The van der Waals surface area contributed by atoms with Gasteiger partial charge in [0.25, 0.3) is 0 Å². The molecule has 4 rings (SSSR count). The van der Waals surface area contributed by atoms with Crippen LogP contribution in [0.3, 0.4) is 0 Å². The molecule has 0 aliphatic rings. The summed E-state index contributed by atoms with van der Waals surface area (Å²) in [4.78, 5) is 18.5. The van der Waals surface area contributed by atoms with E-state index in [1.54, 1.807) is 23.5 Å². The van der Waals surface area contributed by atoms with Gasteiger partial charge in [-0.3, -0.25) is 4.79 Å². The summed E-state index contributed by atoms with van der Waals surface area (Å²) in [5, 5.41) is 7.75. The highest BCUT2D eigenvalue weighted by molar-refractivity contribution is 7.13. The fourth-order valence-corrected chi connectivity index (χ4v) is 4.89. The van der Waals surface area contributed by atoms with Crippen LogP contribution in [0.25, 0.3) is 10.6 Å². The smallest absolute Gasteiger partial charge is 0.226 e. The summed E-state index contributed by atoms with van der Waals surface area (Å²) in [7, 11) is 0. The molecule has 2 aromatic heterocycles. The third-order valence-corrected chi connectivity index (χ3v) is 6.51. The molecule has 7 heteroatoms. The second kappa shape index (κ2) is 9.85. The van der Waals surface area contributed by atoms with Crippen LogP contribution >= 0.6 is 22.7 Å². The minimum absolute atomic E-state index is 0.141. The van der Waals surface area contributed by atoms with E-state index in [1.807, 2.05) is 54.1 Å². The molecule has 0 saturated heterocycles. The third kappa shape index (κ3) is 5.18. The van der Waals surface area contributed by atoms with Crippen LogP contribution < -0.4 is 10.1 Å². The number of aromatic nitrogens is 1. The Morgan fingerprint density at radius 2 is 1.90 bits per heavy atom. The molecule has 0 aliphatic heterocycles. The highest BCUT2D eigenvalue weighted by Crippen LogP contribution is 2.32. The normalized spacial score (nSPS) is 11.8. The summed E-state index contributed by atoms with van der Waals surface area (Å²) in [5.41, 5.74) is 2.46. The predicted molar refractivity (Wildman–Crippen MR) is 123 cm³/mol. The summed E-state index contributed by atoms with van der Waals surface area (Å²) < 4.78 is 19.1. The molecular weight excluding hydrogens is 431 g/mol. The van der Waals surface area contributed by atoms with Gasteiger partial charge in [-0.05, 0) is 48.2 Å². The maximum absolute atomic E-state index is 13.4. The monoisotopic (exact) mass is 452 g/mol. The first-order chi connectivity index (χ1) is 15.1. The molecule has 0 unspecified atom stereocenters. The van der Waals surface area contributed by atoms with Gasteiger partial charge in [0.15, 0.2) is 0 Å². The van der Waals surface area contributed by atoms with Gasteiger partial charge in [0, 0.05) is 10.3 Å². The Balaban J connectivity index is 1.50. The van der Waals surface area contributed by atoms with E-state index in [0.29, 0.717) is 12.3 Å². The van der Waals surface area contributed by atoms with Gasteiger partial charge in [-0.15, -0.1) is 22.7 Å². The highest BCUT2D eigenvalue weighted by atomic mass is 32.1. The molecule has 2 heterocycles. The number of benzene rings is 2. The van der Waals surface area contributed by atoms with Gasteiger partial charge >= 0.3 is 0 Å². The number of hydrogen-bond acceptors (Lipinski definition) is 5. The van der Waals surface area contributed by atoms with Gasteiger partial charge in [0.2, 0.25) is 5.91 Å². The number of carbonyl (C=O) groups is 1. The molecule has 1 amide bonds. The first kappa shape index (κ1) is 21.2. The molecule has 158 valence electrons. The van der Waals surface area contributed by atoms with Crippen molar-refractivity contribution >= 4 is 28.6 Å². The number of ether oxygens (including phenoxy) is 1. The molecule has 4 nitrogen and oxygen atoms in total. The lowest BCUT2D eigenvalue weighted by molar-refractivity contribution is -0.120. The molecule has 0 fully saturated rings. The first-order valence-corrected chi connectivity index (χ1v) is 11.6. The number of nitrogens with one attached hydrogen (secondary N) is 1. The molecular formula is C24H21FN2O2S2. The predicted octanol–water partition coefficient (Wildman–Crippen LogP) is 5.86. The average molecular weight is 453 g/mol. The number of hydrogen-bond donors (Lipinski definition) is 1. The van der Waals surface area contributed by atoms with E-state index < -0.39 is 0 Å². The Labute approximate surface area is 188 Å². The largest absolute Gasteiger partial charge is 0.493 e. The topological polar surface area (TPSA) is 51.2 Å². The Bertz CT molecular complexity index is 1140. The second-order valence-electron chi connectivity index (χ2n) is 6.82. The summed E-state index contributed by atoms with van der Waals surface area (Å²) in [6.07, 6.45) is 0.163. The number of carbonyl (C=O) groups excluding carboxylic acids is 1. The van der Waals surface area contributed by atoms with Gasteiger partial charge in [-0.25, -0.2) is 9.37 Å². The minimum atomic E-state index is -0.329. The molecule has 0 aliphatic carbocycles. The van der Waals surface area contributed by atoms with Crippen molar-refractivity contribution in [3.63, 3.8) is 0 Å². The fraction of sp³-hybridized carbons (Fsp3) is 0.167. The van der Waals surface area contributed by atoms with E-state index in [0.717, 1.165) is 26.8 Å². The number of amides is 1. The van der Waals surface area contributed by atoms with E-state index in [1.165, 1.54) is 23.5 Å². The lowest BCUT2D eigenvalue weighted by Crippen LogP contribution is -2.30. The molecule has 1 N–H and O–H groups in total. The molecule has 0 radical (unpaired) electrons. The number of para-hydroxylation sites is 1. The maximum atomic E-state index is 13.4. The van der Waals surface area contributed by atoms with Gasteiger partial charge in [-0.2, -0.15) is 0 Å². The minimum Gasteiger partial charge on any atom is -0.493 e.